The predicted octanol–water partition coefficient (Wildman–Crippen LogP) is 2.07. The van der Waals surface area contributed by atoms with E-state index in [1.54, 1.807) is 17.4 Å². The highest BCUT2D eigenvalue weighted by Crippen LogP contribution is 2.29. The average Bonchev–Trinajstić information content (AvgIpc) is 3.24. The Kier molecular flexibility index (Phi) is 5.70. The number of likely N-dealkylation sites (N-methyl/N-ethyl adjacent to an activating group) is 1. The normalized spacial score (nSPS) is 20.1. The molecule has 0 bridgehead atoms. The van der Waals surface area contributed by atoms with Crippen molar-refractivity contribution in [3.8, 4) is 16.9 Å². The third-order valence-electron chi connectivity index (χ3n) is 4.27. The van der Waals surface area contributed by atoms with Gasteiger partial charge in [-0.2, -0.15) is 11.3 Å². The van der Waals surface area contributed by atoms with Crippen LogP contribution in [-0.4, -0.2) is 60.1 Å². The van der Waals surface area contributed by atoms with Crippen molar-refractivity contribution in [3.05, 3.63) is 40.6 Å². The summed E-state index contributed by atoms with van der Waals surface area (Å²) in [5.74, 6) is -0.470. The Morgan fingerprint density at radius 2 is 2.20 bits per heavy atom. The largest absolute Gasteiger partial charge is 0.482 e. The number of carboxylic acid groups (broad SMARTS) is 1. The van der Waals surface area contributed by atoms with Crippen LogP contribution in [0.2, 0.25) is 0 Å². The van der Waals surface area contributed by atoms with Crippen molar-refractivity contribution >= 4 is 17.3 Å². The van der Waals surface area contributed by atoms with E-state index in [4.69, 9.17) is 14.6 Å². The number of aliphatic hydroxyl groups is 1. The number of hydrogen-bond acceptors (Lipinski definition) is 6. The number of carboxylic acids is 1. The summed E-state index contributed by atoms with van der Waals surface area (Å²) >= 11 is 1.62. The van der Waals surface area contributed by atoms with Gasteiger partial charge in [-0.1, -0.05) is 6.07 Å². The quantitative estimate of drug-likeness (QED) is 0.784. The van der Waals surface area contributed by atoms with Crippen LogP contribution in [-0.2, 0) is 16.1 Å². The summed E-state index contributed by atoms with van der Waals surface area (Å²) < 4.78 is 10.8. The number of hydrogen-bond donors (Lipinski definition) is 2. The number of ether oxygens (including phenoxy) is 2. The number of aliphatic carboxylic acids is 1. The van der Waals surface area contributed by atoms with Crippen LogP contribution in [0, 0.1) is 0 Å². The third-order valence-corrected chi connectivity index (χ3v) is 4.96. The molecule has 1 aliphatic rings. The Bertz CT molecular complexity index is 718. The molecule has 0 unspecified atom stereocenters. The van der Waals surface area contributed by atoms with E-state index in [1.807, 2.05) is 35.5 Å². The molecule has 1 fully saturated rings. The summed E-state index contributed by atoms with van der Waals surface area (Å²) in [4.78, 5) is 12.8. The zero-order valence-corrected chi connectivity index (χ0v) is 14.7. The zero-order valence-electron chi connectivity index (χ0n) is 13.9. The summed E-state index contributed by atoms with van der Waals surface area (Å²) in [7, 11) is 1.92. The first-order valence-electron chi connectivity index (χ1n) is 8.00. The van der Waals surface area contributed by atoms with E-state index in [-0.39, 0.29) is 12.6 Å². The maximum absolute atomic E-state index is 10.8. The molecular formula is C18H21NO5S. The van der Waals surface area contributed by atoms with Gasteiger partial charge < -0.3 is 19.7 Å². The molecule has 1 saturated heterocycles. The molecule has 0 radical (unpaired) electrons. The van der Waals surface area contributed by atoms with Crippen LogP contribution in [0.25, 0.3) is 11.1 Å². The topological polar surface area (TPSA) is 79.2 Å². The van der Waals surface area contributed by atoms with Gasteiger partial charge in [0.05, 0.1) is 25.4 Å². The number of carbonyl (C=O) groups is 1. The highest BCUT2D eigenvalue weighted by Gasteiger charge is 2.30. The highest BCUT2D eigenvalue weighted by atomic mass is 32.1. The number of rotatable bonds is 7. The molecule has 0 saturated carbocycles. The summed E-state index contributed by atoms with van der Waals surface area (Å²) in [6.07, 6.45) is -0.520. The molecule has 6 nitrogen and oxygen atoms in total. The lowest BCUT2D eigenvalue weighted by Gasteiger charge is -2.26. The Labute approximate surface area is 150 Å². The fourth-order valence-electron chi connectivity index (χ4n) is 2.93. The molecule has 7 heteroatoms. The second-order valence-corrected chi connectivity index (χ2v) is 6.88. The first-order valence-corrected chi connectivity index (χ1v) is 8.95. The van der Waals surface area contributed by atoms with Crippen LogP contribution >= 0.6 is 11.3 Å². The van der Waals surface area contributed by atoms with Gasteiger partial charge in [0.2, 0.25) is 0 Å². The number of nitrogens with zero attached hydrogens (tertiary/aromatic N) is 1. The lowest BCUT2D eigenvalue weighted by Crippen LogP contribution is -2.40. The van der Waals surface area contributed by atoms with Crippen molar-refractivity contribution in [1.29, 1.82) is 0 Å². The van der Waals surface area contributed by atoms with Gasteiger partial charge >= 0.3 is 5.97 Å². The molecule has 0 aliphatic carbocycles. The van der Waals surface area contributed by atoms with Crippen LogP contribution in [0.4, 0.5) is 0 Å². The molecule has 134 valence electrons. The molecule has 3 rings (SSSR count). The van der Waals surface area contributed by atoms with E-state index in [9.17, 15) is 9.90 Å². The van der Waals surface area contributed by atoms with Crippen LogP contribution in [0.3, 0.4) is 0 Å². The van der Waals surface area contributed by atoms with Crippen molar-refractivity contribution in [2.75, 3.05) is 26.9 Å². The minimum absolute atomic E-state index is 0.0860. The third kappa shape index (κ3) is 4.38. The van der Waals surface area contributed by atoms with Gasteiger partial charge in [0.1, 0.15) is 5.75 Å². The van der Waals surface area contributed by atoms with Gasteiger partial charge in [0, 0.05) is 12.1 Å². The molecule has 1 aliphatic heterocycles. The standard InChI is InChI=1S/C18H21NO5S/c1-19(15-8-23-9-16(15)20)7-14-6-12(13-4-5-25-11-13)2-3-17(14)24-10-18(21)22/h2-6,11,15-16,20H,7-10H2,1H3,(H,21,22)/t15-,16-/m0/s1. The molecule has 0 amide bonds. The van der Waals surface area contributed by atoms with E-state index < -0.39 is 12.1 Å². The Hall–Kier alpha value is -1.93. The summed E-state index contributed by atoms with van der Waals surface area (Å²) in [6.45, 7) is 0.960. The molecule has 2 aromatic rings. The van der Waals surface area contributed by atoms with Crippen LogP contribution in [0.5, 0.6) is 5.75 Å². The average molecular weight is 363 g/mol. The first-order chi connectivity index (χ1) is 12.0. The van der Waals surface area contributed by atoms with Gasteiger partial charge in [-0.15, -0.1) is 0 Å². The van der Waals surface area contributed by atoms with Crippen LogP contribution in [0.1, 0.15) is 5.56 Å². The summed E-state index contributed by atoms with van der Waals surface area (Å²) in [5, 5.41) is 23.0. The molecule has 1 aromatic carbocycles. The SMILES string of the molecule is CN(Cc1cc(-c2ccsc2)ccc1OCC(=O)O)[C@H]1COC[C@@H]1O. The molecular weight excluding hydrogens is 342 g/mol. The molecule has 2 heterocycles. The fraction of sp³-hybridized carbons (Fsp3) is 0.389. The van der Waals surface area contributed by atoms with E-state index in [1.165, 1.54) is 0 Å². The maximum Gasteiger partial charge on any atom is 0.341 e. The number of benzene rings is 1. The maximum atomic E-state index is 10.8. The first kappa shape index (κ1) is 17.9. The molecule has 0 spiro atoms. The Balaban J connectivity index is 1.84. The van der Waals surface area contributed by atoms with Crippen molar-refractivity contribution < 1.29 is 24.5 Å². The zero-order chi connectivity index (χ0) is 17.8. The highest BCUT2D eigenvalue weighted by molar-refractivity contribution is 7.08. The Morgan fingerprint density at radius 1 is 1.36 bits per heavy atom. The van der Waals surface area contributed by atoms with Crippen molar-refractivity contribution in [1.82, 2.24) is 4.90 Å². The summed E-state index contributed by atoms with van der Waals surface area (Å²) in [6, 6.07) is 7.70. The van der Waals surface area contributed by atoms with E-state index in [0.717, 1.165) is 16.7 Å². The molecule has 1 aromatic heterocycles. The lowest BCUT2D eigenvalue weighted by molar-refractivity contribution is -0.139. The van der Waals surface area contributed by atoms with Crippen molar-refractivity contribution in [3.63, 3.8) is 0 Å². The predicted molar refractivity (Wildman–Crippen MR) is 95.0 cm³/mol. The molecule has 2 atom stereocenters. The van der Waals surface area contributed by atoms with Gasteiger partial charge in [-0.3, -0.25) is 4.90 Å². The number of thiophene rings is 1. The van der Waals surface area contributed by atoms with Gasteiger partial charge in [0.15, 0.2) is 6.61 Å². The van der Waals surface area contributed by atoms with E-state index in [2.05, 4.69) is 5.38 Å². The van der Waals surface area contributed by atoms with Crippen molar-refractivity contribution in [2.24, 2.45) is 0 Å². The van der Waals surface area contributed by atoms with Crippen molar-refractivity contribution in [2.45, 2.75) is 18.7 Å². The second-order valence-electron chi connectivity index (χ2n) is 6.10. The van der Waals surface area contributed by atoms with Crippen LogP contribution < -0.4 is 4.74 Å². The van der Waals surface area contributed by atoms with Gasteiger partial charge in [0.25, 0.3) is 0 Å². The minimum Gasteiger partial charge on any atom is -0.482 e. The number of aliphatic hydroxyl groups excluding tert-OH is 1. The summed E-state index contributed by atoms with van der Waals surface area (Å²) in [5.41, 5.74) is 3.05. The Morgan fingerprint density at radius 3 is 2.84 bits per heavy atom. The minimum atomic E-state index is -1.01. The lowest BCUT2D eigenvalue weighted by atomic mass is 10.0. The fourth-order valence-corrected chi connectivity index (χ4v) is 3.60. The van der Waals surface area contributed by atoms with Crippen LogP contribution in [0.15, 0.2) is 35.0 Å². The molecule has 2 N–H and O–H groups in total. The smallest absolute Gasteiger partial charge is 0.341 e. The second kappa shape index (κ2) is 7.97. The monoisotopic (exact) mass is 363 g/mol. The van der Waals surface area contributed by atoms with E-state index in [0.29, 0.717) is 25.5 Å². The molecule has 25 heavy (non-hydrogen) atoms. The van der Waals surface area contributed by atoms with Gasteiger partial charge in [-0.05, 0) is 47.1 Å². The van der Waals surface area contributed by atoms with Gasteiger partial charge in [-0.25, -0.2) is 4.79 Å². The van der Waals surface area contributed by atoms with E-state index >= 15 is 0 Å².